The minimum absolute atomic E-state index is 0.00641. The minimum Gasteiger partial charge on any atom is -0.478 e. The Hall–Kier alpha value is -1.77. The molecule has 0 aliphatic carbocycles. The molecule has 7 nitrogen and oxygen atoms in total. The second-order valence-electron chi connectivity index (χ2n) is 5.75. The van der Waals surface area contributed by atoms with Gasteiger partial charge in [0.05, 0.1) is 17.0 Å². The van der Waals surface area contributed by atoms with E-state index in [1.54, 1.807) is 6.92 Å². The van der Waals surface area contributed by atoms with Crippen LogP contribution in [0.25, 0.3) is 0 Å². The van der Waals surface area contributed by atoms with Crippen molar-refractivity contribution in [1.82, 2.24) is 9.80 Å². The molecule has 1 saturated heterocycles. The number of ketones is 1. The number of rotatable bonds is 5. The van der Waals surface area contributed by atoms with E-state index in [1.807, 2.05) is 7.05 Å². The predicted molar refractivity (Wildman–Crippen MR) is 88.6 cm³/mol. The van der Waals surface area contributed by atoms with Gasteiger partial charge in [-0.25, -0.2) is 4.79 Å². The molecule has 0 unspecified atom stereocenters. The largest absolute Gasteiger partial charge is 0.478 e. The van der Waals surface area contributed by atoms with Crippen LogP contribution in [0.4, 0.5) is 5.00 Å². The van der Waals surface area contributed by atoms with Gasteiger partial charge in [-0.15, -0.1) is 11.3 Å². The Kier molecular flexibility index (Phi) is 5.51. The third-order valence-electron chi connectivity index (χ3n) is 3.87. The van der Waals surface area contributed by atoms with E-state index in [9.17, 15) is 19.5 Å². The topological polar surface area (TPSA) is 90.0 Å². The number of thiophene rings is 1. The number of carbonyl (C=O) groups excluding carboxylic acids is 2. The van der Waals surface area contributed by atoms with Gasteiger partial charge in [-0.05, 0) is 19.5 Å². The van der Waals surface area contributed by atoms with Crippen molar-refractivity contribution in [3.8, 4) is 0 Å². The van der Waals surface area contributed by atoms with Gasteiger partial charge in [0.1, 0.15) is 5.00 Å². The Balaban J connectivity index is 2.19. The Morgan fingerprint density at radius 2 is 1.83 bits per heavy atom. The summed E-state index contributed by atoms with van der Waals surface area (Å²) in [5.74, 6) is -1.59. The summed E-state index contributed by atoms with van der Waals surface area (Å²) < 4.78 is 0. The Bertz CT molecular complexity index is 633. The lowest BCUT2D eigenvalue weighted by molar-refractivity contribution is -0.114. The second-order valence-corrected chi connectivity index (χ2v) is 6.77. The summed E-state index contributed by atoms with van der Waals surface area (Å²) in [7, 11) is 2.04. The Morgan fingerprint density at radius 1 is 1.22 bits per heavy atom. The number of likely N-dealkylation sites (N-methyl/N-ethyl adjacent to an activating group) is 1. The van der Waals surface area contributed by atoms with Gasteiger partial charge in [0, 0.05) is 33.1 Å². The summed E-state index contributed by atoms with van der Waals surface area (Å²) in [6.45, 7) is 6.65. The monoisotopic (exact) mass is 339 g/mol. The van der Waals surface area contributed by atoms with Crippen LogP contribution in [0.1, 0.15) is 32.5 Å². The Labute approximate surface area is 138 Å². The molecular weight excluding hydrogens is 318 g/mol. The van der Waals surface area contributed by atoms with Crippen LogP contribution in [0.2, 0.25) is 0 Å². The van der Waals surface area contributed by atoms with E-state index in [1.165, 1.54) is 6.92 Å². The lowest BCUT2D eigenvalue weighted by Crippen LogP contribution is -2.46. The molecule has 126 valence electrons. The fourth-order valence-electron chi connectivity index (χ4n) is 2.57. The summed E-state index contributed by atoms with van der Waals surface area (Å²) >= 11 is 1.04. The maximum atomic E-state index is 12.5. The number of amides is 1. The third-order valence-corrected chi connectivity index (χ3v) is 5.11. The number of carboxylic acid groups (broad SMARTS) is 1. The standard InChI is InChI=1S/C15H21N3O4S/c1-9-12(15(21)22)14(16-10(2)19)23-13(9)11(20)8-18-6-4-17(3)5-7-18/h4-8H2,1-3H3,(H,16,19)(H,21,22). The minimum atomic E-state index is -1.14. The smallest absolute Gasteiger partial charge is 0.339 e. The SMILES string of the molecule is CC(=O)Nc1sc(C(=O)CN2CCN(C)CC2)c(C)c1C(=O)O. The zero-order chi connectivity index (χ0) is 17.1. The number of carbonyl (C=O) groups is 3. The summed E-state index contributed by atoms with van der Waals surface area (Å²) in [5, 5.41) is 12.1. The lowest BCUT2D eigenvalue weighted by Gasteiger charge is -2.31. The van der Waals surface area contributed by atoms with Crippen LogP contribution in [-0.2, 0) is 4.79 Å². The van der Waals surface area contributed by atoms with E-state index in [0.29, 0.717) is 10.4 Å². The summed E-state index contributed by atoms with van der Waals surface area (Å²) in [6.07, 6.45) is 0. The van der Waals surface area contributed by atoms with Crippen molar-refractivity contribution in [2.75, 3.05) is 45.1 Å². The molecule has 1 fully saturated rings. The number of Topliss-reactive ketones (excluding diaryl/α,β-unsaturated/α-hetero) is 1. The van der Waals surface area contributed by atoms with E-state index < -0.39 is 5.97 Å². The molecule has 1 aromatic rings. The van der Waals surface area contributed by atoms with Crippen LogP contribution < -0.4 is 5.32 Å². The van der Waals surface area contributed by atoms with Crippen LogP contribution in [0.15, 0.2) is 0 Å². The van der Waals surface area contributed by atoms with Gasteiger partial charge in [0.15, 0.2) is 5.78 Å². The van der Waals surface area contributed by atoms with E-state index in [2.05, 4.69) is 15.1 Å². The molecule has 2 N–H and O–H groups in total. The van der Waals surface area contributed by atoms with Crippen LogP contribution in [0, 0.1) is 6.92 Å². The molecule has 2 rings (SSSR count). The van der Waals surface area contributed by atoms with Crippen LogP contribution in [-0.4, -0.2) is 72.3 Å². The molecule has 0 saturated carbocycles. The number of piperazine rings is 1. The molecule has 8 heteroatoms. The highest BCUT2D eigenvalue weighted by Gasteiger charge is 2.26. The first-order valence-corrected chi connectivity index (χ1v) is 8.19. The highest BCUT2D eigenvalue weighted by Crippen LogP contribution is 2.33. The van der Waals surface area contributed by atoms with E-state index in [4.69, 9.17) is 0 Å². The van der Waals surface area contributed by atoms with Crippen molar-refractivity contribution in [3.05, 3.63) is 16.0 Å². The number of hydrogen-bond acceptors (Lipinski definition) is 6. The molecular formula is C15H21N3O4S. The van der Waals surface area contributed by atoms with Crippen molar-refractivity contribution in [2.45, 2.75) is 13.8 Å². The van der Waals surface area contributed by atoms with E-state index in [-0.39, 0.29) is 28.8 Å². The number of anilines is 1. The van der Waals surface area contributed by atoms with Gasteiger partial charge in [-0.2, -0.15) is 0 Å². The average molecular weight is 339 g/mol. The first-order valence-electron chi connectivity index (χ1n) is 7.38. The number of carboxylic acids is 1. The zero-order valence-electron chi connectivity index (χ0n) is 13.5. The first-order chi connectivity index (χ1) is 10.8. The lowest BCUT2D eigenvalue weighted by atomic mass is 10.1. The highest BCUT2D eigenvalue weighted by atomic mass is 32.1. The van der Waals surface area contributed by atoms with Gasteiger partial charge < -0.3 is 15.3 Å². The van der Waals surface area contributed by atoms with Crippen LogP contribution in [0.5, 0.6) is 0 Å². The molecule has 1 aliphatic heterocycles. The molecule has 0 aromatic carbocycles. The van der Waals surface area contributed by atoms with Crippen molar-refractivity contribution in [2.24, 2.45) is 0 Å². The first kappa shape index (κ1) is 17.6. The molecule has 1 aliphatic rings. The summed E-state index contributed by atoms with van der Waals surface area (Å²) in [5.41, 5.74) is 0.428. The molecule has 0 radical (unpaired) electrons. The number of hydrogen-bond donors (Lipinski definition) is 2. The maximum Gasteiger partial charge on any atom is 0.339 e. The van der Waals surface area contributed by atoms with Crippen molar-refractivity contribution in [1.29, 1.82) is 0 Å². The van der Waals surface area contributed by atoms with Crippen LogP contribution in [0.3, 0.4) is 0 Å². The quantitative estimate of drug-likeness (QED) is 0.782. The van der Waals surface area contributed by atoms with E-state index in [0.717, 1.165) is 37.5 Å². The fraction of sp³-hybridized carbons (Fsp3) is 0.533. The van der Waals surface area contributed by atoms with E-state index >= 15 is 0 Å². The molecule has 1 amide bonds. The normalized spacial score (nSPS) is 16.3. The molecule has 1 aromatic heterocycles. The summed E-state index contributed by atoms with van der Waals surface area (Å²) in [4.78, 5) is 39.9. The third kappa shape index (κ3) is 4.15. The maximum absolute atomic E-state index is 12.5. The molecule has 0 bridgehead atoms. The highest BCUT2D eigenvalue weighted by molar-refractivity contribution is 7.18. The summed E-state index contributed by atoms with van der Waals surface area (Å²) in [6, 6.07) is 0. The zero-order valence-corrected chi connectivity index (χ0v) is 14.3. The molecule has 0 spiro atoms. The van der Waals surface area contributed by atoms with Crippen molar-refractivity contribution >= 4 is 34.0 Å². The number of nitrogens with zero attached hydrogens (tertiary/aromatic N) is 2. The molecule has 0 atom stereocenters. The average Bonchev–Trinajstić information content (AvgIpc) is 2.77. The molecule has 23 heavy (non-hydrogen) atoms. The number of nitrogens with one attached hydrogen (secondary N) is 1. The van der Waals surface area contributed by atoms with Gasteiger partial charge in [-0.1, -0.05) is 0 Å². The van der Waals surface area contributed by atoms with Gasteiger partial charge >= 0.3 is 5.97 Å². The molecule has 2 heterocycles. The Morgan fingerprint density at radius 3 is 2.35 bits per heavy atom. The van der Waals surface area contributed by atoms with Gasteiger partial charge in [0.25, 0.3) is 0 Å². The van der Waals surface area contributed by atoms with Crippen molar-refractivity contribution < 1.29 is 19.5 Å². The van der Waals surface area contributed by atoms with Gasteiger partial charge in [-0.3, -0.25) is 14.5 Å². The van der Waals surface area contributed by atoms with Crippen LogP contribution >= 0.6 is 11.3 Å². The predicted octanol–water partition coefficient (Wildman–Crippen LogP) is 1.14. The second kappa shape index (κ2) is 7.20. The van der Waals surface area contributed by atoms with Gasteiger partial charge in [0.2, 0.25) is 5.91 Å². The van der Waals surface area contributed by atoms with Crippen molar-refractivity contribution in [3.63, 3.8) is 0 Å². The fourth-order valence-corrected chi connectivity index (χ4v) is 3.74. The number of aromatic carboxylic acids is 1.